The molecule has 0 bridgehead atoms. The summed E-state index contributed by atoms with van der Waals surface area (Å²) in [5.41, 5.74) is -0.691. The molecular formula is C13H21N3O4. The van der Waals surface area contributed by atoms with E-state index in [9.17, 15) is 14.4 Å². The lowest BCUT2D eigenvalue weighted by molar-refractivity contribution is -0.131. The van der Waals surface area contributed by atoms with Crippen molar-refractivity contribution in [2.24, 2.45) is 0 Å². The Morgan fingerprint density at radius 1 is 1.40 bits per heavy atom. The number of carbonyl (C=O) groups is 3. The Bertz CT molecular complexity index is 404. The van der Waals surface area contributed by atoms with Crippen LogP contribution in [0.1, 0.15) is 32.1 Å². The van der Waals surface area contributed by atoms with E-state index in [1.807, 2.05) is 0 Å². The summed E-state index contributed by atoms with van der Waals surface area (Å²) in [5.74, 6) is -0.361. The lowest BCUT2D eigenvalue weighted by atomic mass is 9.98. The van der Waals surface area contributed by atoms with Gasteiger partial charge in [0.05, 0.1) is 6.61 Å². The zero-order valence-electron chi connectivity index (χ0n) is 11.7. The molecular weight excluding hydrogens is 262 g/mol. The lowest BCUT2D eigenvalue weighted by Gasteiger charge is -2.19. The molecule has 0 aromatic carbocycles. The zero-order chi connectivity index (χ0) is 14.6. The summed E-state index contributed by atoms with van der Waals surface area (Å²) in [6, 6.07) is -0.374. The maximum absolute atomic E-state index is 12.3. The second-order valence-corrected chi connectivity index (χ2v) is 5.27. The van der Waals surface area contributed by atoms with Crippen LogP contribution in [0.5, 0.6) is 0 Å². The smallest absolute Gasteiger partial charge is 0.325 e. The monoisotopic (exact) mass is 283 g/mol. The van der Waals surface area contributed by atoms with Gasteiger partial charge in [-0.25, -0.2) is 4.79 Å². The number of rotatable bonds is 6. The summed E-state index contributed by atoms with van der Waals surface area (Å²) >= 11 is 0. The van der Waals surface area contributed by atoms with Crippen LogP contribution in [0, 0.1) is 0 Å². The van der Waals surface area contributed by atoms with Crippen LogP contribution in [0.4, 0.5) is 4.79 Å². The highest BCUT2D eigenvalue weighted by Crippen LogP contribution is 2.34. The number of carbonyl (C=O) groups excluding carboxylic acids is 3. The molecule has 4 amide bonds. The Kier molecular flexibility index (Phi) is 4.59. The Labute approximate surface area is 118 Å². The third-order valence-corrected chi connectivity index (χ3v) is 3.89. The number of ether oxygens (including phenoxy) is 1. The SMILES string of the molecule is COCCNC(=O)CCN1C(=O)NC2(CCCC2)C1=O. The number of nitrogens with one attached hydrogen (secondary N) is 2. The molecule has 7 heteroatoms. The molecule has 0 radical (unpaired) electrons. The van der Waals surface area contributed by atoms with Gasteiger partial charge >= 0.3 is 6.03 Å². The number of imide groups is 1. The van der Waals surface area contributed by atoms with Gasteiger partial charge in [-0.3, -0.25) is 14.5 Å². The van der Waals surface area contributed by atoms with E-state index in [1.165, 1.54) is 4.90 Å². The van der Waals surface area contributed by atoms with Crippen molar-refractivity contribution >= 4 is 17.8 Å². The minimum atomic E-state index is -0.691. The second-order valence-electron chi connectivity index (χ2n) is 5.27. The summed E-state index contributed by atoms with van der Waals surface area (Å²) in [6.45, 7) is 1.00. The molecule has 7 nitrogen and oxygen atoms in total. The Morgan fingerprint density at radius 2 is 2.10 bits per heavy atom. The van der Waals surface area contributed by atoms with Crippen molar-refractivity contribution in [3.63, 3.8) is 0 Å². The van der Waals surface area contributed by atoms with Crippen LogP contribution in [0.3, 0.4) is 0 Å². The van der Waals surface area contributed by atoms with E-state index < -0.39 is 5.54 Å². The van der Waals surface area contributed by atoms with Crippen molar-refractivity contribution in [3.05, 3.63) is 0 Å². The Morgan fingerprint density at radius 3 is 2.75 bits per heavy atom. The first-order valence-corrected chi connectivity index (χ1v) is 6.99. The third kappa shape index (κ3) is 2.92. The van der Waals surface area contributed by atoms with Crippen LogP contribution in [0.2, 0.25) is 0 Å². The van der Waals surface area contributed by atoms with E-state index in [0.717, 1.165) is 12.8 Å². The van der Waals surface area contributed by atoms with Crippen LogP contribution in [-0.4, -0.2) is 55.1 Å². The average molecular weight is 283 g/mol. The van der Waals surface area contributed by atoms with Gasteiger partial charge < -0.3 is 15.4 Å². The van der Waals surface area contributed by atoms with Crippen molar-refractivity contribution in [3.8, 4) is 0 Å². The molecule has 0 aromatic heterocycles. The highest BCUT2D eigenvalue weighted by molar-refractivity contribution is 6.07. The minimum Gasteiger partial charge on any atom is -0.383 e. The standard InChI is InChI=1S/C13H21N3O4/c1-20-9-7-14-10(17)4-8-16-11(18)13(15-12(16)19)5-2-3-6-13/h2-9H2,1H3,(H,14,17)(H,15,19). The van der Waals surface area contributed by atoms with Crippen LogP contribution < -0.4 is 10.6 Å². The Hall–Kier alpha value is -1.63. The fraction of sp³-hybridized carbons (Fsp3) is 0.769. The predicted molar refractivity (Wildman–Crippen MR) is 70.9 cm³/mol. The van der Waals surface area contributed by atoms with Crippen molar-refractivity contribution in [2.45, 2.75) is 37.6 Å². The van der Waals surface area contributed by atoms with E-state index in [0.29, 0.717) is 26.0 Å². The molecule has 2 N–H and O–H groups in total. The largest absolute Gasteiger partial charge is 0.383 e. The van der Waals surface area contributed by atoms with Crippen molar-refractivity contribution in [1.29, 1.82) is 0 Å². The number of hydrogen-bond acceptors (Lipinski definition) is 4. The van der Waals surface area contributed by atoms with Crippen LogP contribution >= 0.6 is 0 Å². The van der Waals surface area contributed by atoms with Gasteiger partial charge in [0.1, 0.15) is 5.54 Å². The number of amides is 4. The van der Waals surface area contributed by atoms with E-state index in [1.54, 1.807) is 7.11 Å². The lowest BCUT2D eigenvalue weighted by Crippen LogP contribution is -2.44. The van der Waals surface area contributed by atoms with Crippen LogP contribution in [0.15, 0.2) is 0 Å². The quantitative estimate of drug-likeness (QED) is 0.531. The first-order valence-electron chi connectivity index (χ1n) is 6.99. The van der Waals surface area contributed by atoms with Gasteiger partial charge in [-0.2, -0.15) is 0 Å². The van der Waals surface area contributed by atoms with Gasteiger partial charge in [-0.05, 0) is 12.8 Å². The molecule has 1 saturated carbocycles. The molecule has 1 aliphatic carbocycles. The van der Waals surface area contributed by atoms with Gasteiger partial charge in [-0.1, -0.05) is 12.8 Å². The number of hydrogen-bond donors (Lipinski definition) is 2. The summed E-state index contributed by atoms with van der Waals surface area (Å²) < 4.78 is 4.82. The van der Waals surface area contributed by atoms with Crippen molar-refractivity contribution in [2.75, 3.05) is 26.8 Å². The molecule has 0 aromatic rings. The fourth-order valence-electron chi connectivity index (χ4n) is 2.79. The maximum Gasteiger partial charge on any atom is 0.325 e. The van der Waals surface area contributed by atoms with E-state index >= 15 is 0 Å². The molecule has 112 valence electrons. The highest BCUT2D eigenvalue weighted by Gasteiger charge is 2.52. The second kappa shape index (κ2) is 6.21. The fourth-order valence-corrected chi connectivity index (χ4v) is 2.79. The van der Waals surface area contributed by atoms with E-state index in [2.05, 4.69) is 10.6 Å². The van der Waals surface area contributed by atoms with Gasteiger partial charge in [0.15, 0.2) is 0 Å². The number of methoxy groups -OCH3 is 1. The molecule has 1 aliphatic heterocycles. The minimum absolute atomic E-state index is 0.124. The topological polar surface area (TPSA) is 87.7 Å². The summed E-state index contributed by atoms with van der Waals surface area (Å²) in [4.78, 5) is 36.9. The summed E-state index contributed by atoms with van der Waals surface area (Å²) in [6.07, 6.45) is 3.44. The molecule has 1 spiro atoms. The van der Waals surface area contributed by atoms with Crippen LogP contribution in [-0.2, 0) is 14.3 Å². The maximum atomic E-state index is 12.3. The Balaban J connectivity index is 1.82. The molecule has 1 saturated heterocycles. The number of nitrogens with zero attached hydrogens (tertiary/aromatic N) is 1. The van der Waals surface area contributed by atoms with Crippen molar-refractivity contribution in [1.82, 2.24) is 15.5 Å². The van der Waals surface area contributed by atoms with Gasteiger partial charge in [-0.15, -0.1) is 0 Å². The first kappa shape index (κ1) is 14.8. The molecule has 1 heterocycles. The molecule has 20 heavy (non-hydrogen) atoms. The first-order chi connectivity index (χ1) is 9.59. The van der Waals surface area contributed by atoms with Gasteiger partial charge in [0.2, 0.25) is 5.91 Å². The van der Waals surface area contributed by atoms with Gasteiger partial charge in [0.25, 0.3) is 5.91 Å². The third-order valence-electron chi connectivity index (χ3n) is 3.89. The number of urea groups is 1. The molecule has 2 fully saturated rings. The van der Waals surface area contributed by atoms with Gasteiger partial charge in [0, 0.05) is 26.6 Å². The molecule has 0 unspecified atom stereocenters. The van der Waals surface area contributed by atoms with E-state index in [-0.39, 0.29) is 30.8 Å². The molecule has 2 rings (SSSR count). The van der Waals surface area contributed by atoms with Crippen molar-refractivity contribution < 1.29 is 19.1 Å². The summed E-state index contributed by atoms with van der Waals surface area (Å²) in [7, 11) is 1.56. The molecule has 2 aliphatic rings. The average Bonchev–Trinajstić information content (AvgIpc) is 2.96. The highest BCUT2D eigenvalue weighted by atomic mass is 16.5. The molecule has 0 atom stereocenters. The normalized spacial score (nSPS) is 20.6. The van der Waals surface area contributed by atoms with E-state index in [4.69, 9.17) is 4.74 Å². The zero-order valence-corrected chi connectivity index (χ0v) is 11.7. The van der Waals surface area contributed by atoms with Crippen LogP contribution in [0.25, 0.3) is 0 Å². The summed E-state index contributed by atoms with van der Waals surface area (Å²) in [5, 5.41) is 5.46. The predicted octanol–water partition coefficient (Wildman–Crippen LogP) is 0.00370.